The molecular weight excluding hydrogens is 596 g/mol. The van der Waals surface area contributed by atoms with Gasteiger partial charge in [0.1, 0.15) is 18.1 Å². The van der Waals surface area contributed by atoms with Crippen molar-refractivity contribution < 1.29 is 14.6 Å². The molecule has 1 fully saturated rings. The SMILES string of the molecule is Cc1c(C(C)NC(=O)Cc2c(-c3ccccc3)[nH]c3ccccc23)n(Cc2ccc(OCCN3CCCCC3)cc2)c2ccc(O)cc12. The van der Waals surface area contributed by atoms with E-state index in [0.717, 1.165) is 67.7 Å². The molecule has 7 rings (SSSR count). The Morgan fingerprint density at radius 3 is 2.46 bits per heavy atom. The fourth-order valence-electron chi connectivity index (χ4n) is 7.36. The summed E-state index contributed by atoms with van der Waals surface area (Å²) in [5, 5.41) is 15.7. The molecule has 4 aromatic carbocycles. The van der Waals surface area contributed by atoms with Crippen molar-refractivity contribution in [3.05, 3.63) is 119 Å². The zero-order chi connectivity index (χ0) is 33.0. The van der Waals surface area contributed by atoms with Crippen molar-refractivity contribution in [3.63, 3.8) is 0 Å². The van der Waals surface area contributed by atoms with E-state index in [1.165, 1.54) is 32.4 Å². The van der Waals surface area contributed by atoms with Gasteiger partial charge in [-0.2, -0.15) is 0 Å². The Bertz CT molecular complexity index is 2020. The van der Waals surface area contributed by atoms with Gasteiger partial charge in [-0.25, -0.2) is 0 Å². The predicted molar refractivity (Wildman–Crippen MR) is 194 cm³/mol. The second-order valence-corrected chi connectivity index (χ2v) is 13.0. The lowest BCUT2D eigenvalue weighted by Gasteiger charge is -2.26. The Balaban J connectivity index is 1.11. The number of benzene rings is 4. The van der Waals surface area contributed by atoms with Gasteiger partial charge in [-0.05, 0) is 98.4 Å². The highest BCUT2D eigenvalue weighted by atomic mass is 16.5. The first kappa shape index (κ1) is 31.6. The quantitative estimate of drug-likeness (QED) is 0.134. The number of amides is 1. The summed E-state index contributed by atoms with van der Waals surface area (Å²) in [7, 11) is 0. The molecule has 6 aromatic rings. The van der Waals surface area contributed by atoms with Crippen LogP contribution in [0.15, 0.2) is 97.1 Å². The summed E-state index contributed by atoms with van der Waals surface area (Å²) in [6.07, 6.45) is 4.15. The van der Waals surface area contributed by atoms with Crippen LogP contribution in [0, 0.1) is 6.92 Å². The molecule has 1 aliphatic rings. The molecule has 48 heavy (non-hydrogen) atoms. The van der Waals surface area contributed by atoms with E-state index in [2.05, 4.69) is 63.1 Å². The topological polar surface area (TPSA) is 82.5 Å². The zero-order valence-corrected chi connectivity index (χ0v) is 27.8. The monoisotopic (exact) mass is 640 g/mol. The Kier molecular flexibility index (Phi) is 9.21. The molecule has 0 bridgehead atoms. The third-order valence-electron chi connectivity index (χ3n) is 9.74. The van der Waals surface area contributed by atoms with Gasteiger partial charge in [0.2, 0.25) is 5.91 Å². The molecule has 7 nitrogen and oxygen atoms in total. The molecule has 0 saturated carbocycles. The number of aromatic amines is 1. The number of nitrogens with zero attached hydrogens (tertiary/aromatic N) is 2. The summed E-state index contributed by atoms with van der Waals surface area (Å²) in [6.45, 7) is 8.73. The summed E-state index contributed by atoms with van der Waals surface area (Å²) in [4.78, 5) is 19.8. The van der Waals surface area contributed by atoms with Gasteiger partial charge in [-0.3, -0.25) is 9.69 Å². The lowest BCUT2D eigenvalue weighted by molar-refractivity contribution is -0.121. The van der Waals surface area contributed by atoms with E-state index in [0.29, 0.717) is 13.2 Å². The van der Waals surface area contributed by atoms with Gasteiger partial charge in [-0.1, -0.05) is 67.1 Å². The first-order chi connectivity index (χ1) is 23.4. The Morgan fingerprint density at radius 1 is 0.917 bits per heavy atom. The van der Waals surface area contributed by atoms with E-state index in [-0.39, 0.29) is 24.1 Å². The number of piperidine rings is 1. The molecule has 0 spiro atoms. The molecule has 2 aromatic heterocycles. The Hall–Kier alpha value is -5.01. The van der Waals surface area contributed by atoms with Crippen LogP contribution in [0.1, 0.15) is 54.6 Å². The van der Waals surface area contributed by atoms with Crippen LogP contribution >= 0.6 is 0 Å². The number of ether oxygens (including phenoxy) is 1. The minimum absolute atomic E-state index is 0.0467. The average Bonchev–Trinajstić information content (AvgIpc) is 3.60. The fraction of sp³-hybridized carbons (Fsp3) is 0.293. The van der Waals surface area contributed by atoms with Crippen molar-refractivity contribution in [1.29, 1.82) is 0 Å². The highest BCUT2D eigenvalue weighted by molar-refractivity contribution is 5.95. The number of para-hydroxylation sites is 1. The number of aromatic hydroxyl groups is 1. The molecule has 1 saturated heterocycles. The zero-order valence-electron chi connectivity index (χ0n) is 27.8. The molecule has 1 amide bonds. The number of aryl methyl sites for hydroxylation is 1. The van der Waals surface area contributed by atoms with Crippen LogP contribution in [0.25, 0.3) is 33.1 Å². The van der Waals surface area contributed by atoms with Gasteiger partial charge in [0.15, 0.2) is 0 Å². The first-order valence-corrected chi connectivity index (χ1v) is 17.1. The van der Waals surface area contributed by atoms with Gasteiger partial charge < -0.3 is 24.7 Å². The van der Waals surface area contributed by atoms with E-state index in [1.54, 1.807) is 6.07 Å². The van der Waals surface area contributed by atoms with E-state index < -0.39 is 0 Å². The van der Waals surface area contributed by atoms with Crippen LogP contribution in [-0.4, -0.2) is 51.7 Å². The van der Waals surface area contributed by atoms with Crippen LogP contribution in [0.2, 0.25) is 0 Å². The normalized spacial score (nSPS) is 14.4. The number of hydrogen-bond donors (Lipinski definition) is 3. The summed E-state index contributed by atoms with van der Waals surface area (Å²) in [6, 6.07) is 31.9. The number of phenolic OH excluding ortho intramolecular Hbond substituents is 1. The molecular formula is C41H44N4O3. The number of carbonyl (C=O) groups excluding carboxylic acids is 1. The van der Waals surface area contributed by atoms with Crippen LogP contribution < -0.4 is 10.1 Å². The largest absolute Gasteiger partial charge is 0.508 e. The van der Waals surface area contributed by atoms with Crippen molar-refractivity contribution in [2.24, 2.45) is 0 Å². The van der Waals surface area contributed by atoms with Crippen molar-refractivity contribution in [1.82, 2.24) is 19.8 Å². The molecule has 3 N–H and O–H groups in total. The number of H-pyrrole nitrogens is 1. The van der Waals surface area contributed by atoms with Gasteiger partial charge in [-0.15, -0.1) is 0 Å². The number of hydrogen-bond acceptors (Lipinski definition) is 4. The van der Waals surface area contributed by atoms with E-state index in [1.807, 2.05) is 61.5 Å². The molecule has 0 aliphatic carbocycles. The molecule has 1 atom stereocenters. The minimum atomic E-state index is -0.269. The van der Waals surface area contributed by atoms with Crippen LogP contribution in [0.3, 0.4) is 0 Å². The second-order valence-electron chi connectivity index (χ2n) is 13.0. The highest BCUT2D eigenvalue weighted by Gasteiger charge is 2.23. The van der Waals surface area contributed by atoms with Crippen molar-refractivity contribution in [2.45, 2.75) is 52.1 Å². The van der Waals surface area contributed by atoms with Gasteiger partial charge in [0.25, 0.3) is 0 Å². The second kappa shape index (κ2) is 14.0. The number of phenols is 1. The van der Waals surface area contributed by atoms with Gasteiger partial charge in [0, 0.05) is 40.6 Å². The molecule has 7 heteroatoms. The minimum Gasteiger partial charge on any atom is -0.508 e. The molecule has 1 unspecified atom stereocenters. The number of aromatic nitrogens is 2. The number of nitrogens with one attached hydrogen (secondary N) is 2. The highest BCUT2D eigenvalue weighted by Crippen LogP contribution is 2.34. The number of fused-ring (bicyclic) bond motifs is 2. The van der Waals surface area contributed by atoms with Gasteiger partial charge >= 0.3 is 0 Å². The summed E-state index contributed by atoms with van der Waals surface area (Å²) in [5.74, 6) is 1.06. The Morgan fingerprint density at radius 2 is 1.67 bits per heavy atom. The van der Waals surface area contributed by atoms with Crippen LogP contribution in [-0.2, 0) is 17.8 Å². The van der Waals surface area contributed by atoms with E-state index in [9.17, 15) is 9.90 Å². The third-order valence-corrected chi connectivity index (χ3v) is 9.74. The maximum Gasteiger partial charge on any atom is 0.225 e. The first-order valence-electron chi connectivity index (χ1n) is 17.1. The fourth-order valence-corrected chi connectivity index (χ4v) is 7.36. The van der Waals surface area contributed by atoms with Crippen molar-refractivity contribution in [3.8, 4) is 22.8 Å². The summed E-state index contributed by atoms with van der Waals surface area (Å²) in [5.41, 5.74) is 8.25. The molecule has 1 aliphatic heterocycles. The number of rotatable bonds is 11. The van der Waals surface area contributed by atoms with E-state index >= 15 is 0 Å². The third kappa shape index (κ3) is 6.69. The maximum absolute atomic E-state index is 13.8. The molecule has 246 valence electrons. The average molecular weight is 641 g/mol. The molecule has 3 heterocycles. The smallest absolute Gasteiger partial charge is 0.225 e. The van der Waals surface area contributed by atoms with E-state index in [4.69, 9.17) is 4.74 Å². The Labute approximate surface area is 282 Å². The predicted octanol–water partition coefficient (Wildman–Crippen LogP) is 8.14. The molecule has 0 radical (unpaired) electrons. The maximum atomic E-state index is 13.8. The van der Waals surface area contributed by atoms with Crippen LogP contribution in [0.5, 0.6) is 11.5 Å². The number of carbonyl (C=O) groups is 1. The standard InChI is InChI=1S/C41H44N4O3/c1-28-35-25-32(46)17-20-38(35)45(27-30-15-18-33(19-16-30)48-24-23-44-21-9-4-10-22-44)41(28)29(2)42-39(47)26-36-34-13-7-8-14-37(34)43-40(36)31-11-5-3-6-12-31/h3,5-8,11-20,25,29,43,46H,4,9-10,21-24,26-27H2,1-2H3,(H,42,47). The lowest BCUT2D eigenvalue weighted by Crippen LogP contribution is -2.33. The summed E-state index contributed by atoms with van der Waals surface area (Å²) >= 11 is 0. The lowest BCUT2D eigenvalue weighted by atomic mass is 10.0. The van der Waals surface area contributed by atoms with Crippen molar-refractivity contribution in [2.75, 3.05) is 26.2 Å². The van der Waals surface area contributed by atoms with Crippen LogP contribution in [0.4, 0.5) is 0 Å². The summed E-state index contributed by atoms with van der Waals surface area (Å²) < 4.78 is 8.35. The van der Waals surface area contributed by atoms with Crippen molar-refractivity contribution >= 4 is 27.7 Å². The number of likely N-dealkylation sites (tertiary alicyclic amines) is 1. The van der Waals surface area contributed by atoms with Gasteiger partial charge in [0.05, 0.1) is 18.2 Å².